The molecule has 0 spiro atoms. The second kappa shape index (κ2) is 17.6. The molecule has 2 rings (SSSR count). The standard InChI is InChI=1S/C33H50N2O3/c1-6-7-8-9-10-11-12-13-17-23-31(36)34-30(27-19-15-14-16-20-27)24-38-33(37)35-32-28(25(2)3)21-18-22-29(32)26(4)5/h14-16,18-22,25-26,30H,6-13,17,23-24H2,1-5H3,(H,34,36)(H,35,37). The van der Waals surface area contributed by atoms with E-state index < -0.39 is 12.1 Å². The summed E-state index contributed by atoms with van der Waals surface area (Å²) in [5, 5.41) is 6.09. The van der Waals surface area contributed by atoms with E-state index in [2.05, 4.69) is 45.3 Å². The Bertz CT molecular complexity index is 930. The summed E-state index contributed by atoms with van der Waals surface area (Å²) in [4.78, 5) is 25.6. The van der Waals surface area contributed by atoms with Crippen LogP contribution in [0, 0.1) is 0 Å². The average Bonchev–Trinajstić information content (AvgIpc) is 2.90. The smallest absolute Gasteiger partial charge is 0.411 e. The number of ether oxygens (including phenoxy) is 1. The normalized spacial score (nSPS) is 12.0. The lowest BCUT2D eigenvalue weighted by Crippen LogP contribution is -2.32. The summed E-state index contributed by atoms with van der Waals surface area (Å²) in [6.45, 7) is 10.8. The molecule has 2 aromatic rings. The molecule has 2 amide bonds. The van der Waals surface area contributed by atoms with Crippen LogP contribution in [-0.2, 0) is 9.53 Å². The fourth-order valence-electron chi connectivity index (χ4n) is 4.76. The van der Waals surface area contributed by atoms with Gasteiger partial charge in [-0.1, -0.05) is 135 Å². The first kappa shape index (κ1) is 31.4. The molecule has 0 aromatic heterocycles. The molecule has 0 saturated carbocycles. The van der Waals surface area contributed by atoms with Crippen LogP contribution in [0.25, 0.3) is 0 Å². The summed E-state index contributed by atoms with van der Waals surface area (Å²) in [5.41, 5.74) is 3.92. The minimum absolute atomic E-state index is 0.00180. The maximum Gasteiger partial charge on any atom is 0.411 e. The van der Waals surface area contributed by atoms with Gasteiger partial charge in [-0.2, -0.15) is 0 Å². The molecular weight excluding hydrogens is 472 g/mol. The zero-order chi connectivity index (χ0) is 27.8. The topological polar surface area (TPSA) is 67.4 Å². The van der Waals surface area contributed by atoms with E-state index in [9.17, 15) is 9.59 Å². The molecule has 2 aromatic carbocycles. The average molecular weight is 523 g/mol. The van der Waals surface area contributed by atoms with E-state index in [0.29, 0.717) is 6.42 Å². The fourth-order valence-corrected chi connectivity index (χ4v) is 4.76. The van der Waals surface area contributed by atoms with Crippen LogP contribution in [0.4, 0.5) is 10.5 Å². The van der Waals surface area contributed by atoms with E-state index in [-0.39, 0.29) is 24.3 Å². The van der Waals surface area contributed by atoms with Crippen molar-refractivity contribution in [3.05, 3.63) is 65.2 Å². The molecule has 0 radical (unpaired) electrons. The van der Waals surface area contributed by atoms with Gasteiger partial charge in [0.15, 0.2) is 0 Å². The Hall–Kier alpha value is -2.82. The number of amides is 2. The summed E-state index contributed by atoms with van der Waals surface area (Å²) in [7, 11) is 0. The van der Waals surface area contributed by atoms with Crippen molar-refractivity contribution in [2.24, 2.45) is 0 Å². The lowest BCUT2D eigenvalue weighted by Gasteiger charge is -2.22. The Balaban J connectivity index is 1.90. The minimum atomic E-state index is -0.505. The van der Waals surface area contributed by atoms with Gasteiger partial charge in [-0.3, -0.25) is 10.1 Å². The molecule has 0 aliphatic carbocycles. The molecule has 0 heterocycles. The number of nitrogens with one attached hydrogen (secondary N) is 2. The van der Waals surface area contributed by atoms with Gasteiger partial charge < -0.3 is 10.1 Å². The van der Waals surface area contributed by atoms with Crippen LogP contribution in [0.3, 0.4) is 0 Å². The van der Waals surface area contributed by atoms with Gasteiger partial charge >= 0.3 is 6.09 Å². The lowest BCUT2D eigenvalue weighted by atomic mass is 9.93. The monoisotopic (exact) mass is 522 g/mol. The van der Waals surface area contributed by atoms with Crippen LogP contribution < -0.4 is 10.6 Å². The quantitative estimate of drug-likeness (QED) is 0.203. The first-order chi connectivity index (χ1) is 18.3. The van der Waals surface area contributed by atoms with E-state index in [1.165, 1.54) is 44.9 Å². The maximum absolute atomic E-state index is 12.9. The molecular formula is C33H50N2O3. The van der Waals surface area contributed by atoms with E-state index in [0.717, 1.165) is 35.2 Å². The second-order valence-corrected chi connectivity index (χ2v) is 11.0. The summed E-state index contributed by atoms with van der Waals surface area (Å²) < 4.78 is 5.67. The molecule has 0 aliphatic rings. The van der Waals surface area contributed by atoms with E-state index in [1.54, 1.807) is 0 Å². The Labute approximate surface area is 231 Å². The first-order valence-electron chi connectivity index (χ1n) is 14.7. The van der Waals surface area contributed by atoms with Crippen LogP contribution in [0.5, 0.6) is 0 Å². The Kier molecular flexibility index (Phi) is 14.6. The van der Waals surface area contributed by atoms with Gasteiger partial charge in [0.05, 0.1) is 11.7 Å². The maximum atomic E-state index is 12.9. The third-order valence-electron chi connectivity index (χ3n) is 7.03. The van der Waals surface area contributed by atoms with Crippen LogP contribution in [0.2, 0.25) is 0 Å². The van der Waals surface area contributed by atoms with Crippen molar-refractivity contribution in [1.29, 1.82) is 0 Å². The molecule has 1 atom stereocenters. The fraction of sp³-hybridized carbons (Fsp3) is 0.576. The molecule has 0 saturated heterocycles. The predicted molar refractivity (Wildman–Crippen MR) is 159 cm³/mol. The third kappa shape index (κ3) is 11.3. The molecule has 1 unspecified atom stereocenters. The largest absolute Gasteiger partial charge is 0.447 e. The Morgan fingerprint density at radius 1 is 0.737 bits per heavy atom. The summed E-state index contributed by atoms with van der Waals surface area (Å²) >= 11 is 0. The van der Waals surface area contributed by atoms with E-state index in [4.69, 9.17) is 4.74 Å². The van der Waals surface area contributed by atoms with E-state index >= 15 is 0 Å². The molecule has 5 nitrogen and oxygen atoms in total. The van der Waals surface area contributed by atoms with Crippen LogP contribution in [0.1, 0.15) is 133 Å². The zero-order valence-corrected chi connectivity index (χ0v) is 24.4. The summed E-state index contributed by atoms with van der Waals surface area (Å²) in [6.07, 6.45) is 10.9. The van der Waals surface area contributed by atoms with Crippen LogP contribution >= 0.6 is 0 Å². The van der Waals surface area contributed by atoms with Crippen molar-refractivity contribution in [3.63, 3.8) is 0 Å². The SMILES string of the molecule is CCCCCCCCCCCC(=O)NC(COC(=O)Nc1c(C(C)C)cccc1C(C)C)c1ccccc1. The van der Waals surface area contributed by atoms with Gasteiger partial charge in [-0.05, 0) is 34.9 Å². The Morgan fingerprint density at radius 2 is 1.29 bits per heavy atom. The van der Waals surface area contributed by atoms with Crippen molar-refractivity contribution in [2.45, 2.75) is 117 Å². The van der Waals surface area contributed by atoms with Gasteiger partial charge in [0.2, 0.25) is 5.91 Å². The summed E-state index contributed by atoms with van der Waals surface area (Å²) in [5.74, 6) is 0.529. The van der Waals surface area contributed by atoms with Gasteiger partial charge in [-0.25, -0.2) is 4.79 Å². The number of benzene rings is 2. The van der Waals surface area contributed by atoms with Crippen LogP contribution in [-0.4, -0.2) is 18.6 Å². The summed E-state index contributed by atoms with van der Waals surface area (Å²) in [6, 6.07) is 15.5. The molecule has 2 N–H and O–H groups in total. The van der Waals surface area contributed by atoms with Gasteiger partial charge in [0.1, 0.15) is 6.61 Å². The van der Waals surface area contributed by atoms with Crippen molar-refractivity contribution >= 4 is 17.7 Å². The number of anilines is 1. The number of unbranched alkanes of at least 4 members (excludes halogenated alkanes) is 8. The molecule has 210 valence electrons. The highest BCUT2D eigenvalue weighted by molar-refractivity contribution is 5.87. The third-order valence-corrected chi connectivity index (χ3v) is 7.03. The number of carbonyl (C=O) groups excluding carboxylic acids is 2. The highest BCUT2D eigenvalue weighted by atomic mass is 16.5. The number of hydrogen-bond acceptors (Lipinski definition) is 3. The number of hydrogen-bond donors (Lipinski definition) is 2. The van der Waals surface area contributed by atoms with E-state index in [1.807, 2.05) is 48.5 Å². The van der Waals surface area contributed by atoms with Crippen molar-refractivity contribution in [2.75, 3.05) is 11.9 Å². The number of carbonyl (C=O) groups is 2. The number of rotatable bonds is 17. The minimum Gasteiger partial charge on any atom is -0.447 e. The highest BCUT2D eigenvalue weighted by Crippen LogP contribution is 2.32. The molecule has 0 fully saturated rings. The molecule has 5 heteroatoms. The number of para-hydroxylation sites is 1. The second-order valence-electron chi connectivity index (χ2n) is 11.0. The Morgan fingerprint density at radius 3 is 1.84 bits per heavy atom. The lowest BCUT2D eigenvalue weighted by molar-refractivity contribution is -0.122. The molecule has 0 aliphatic heterocycles. The molecule has 0 bridgehead atoms. The van der Waals surface area contributed by atoms with Gasteiger partial charge in [0, 0.05) is 6.42 Å². The highest BCUT2D eigenvalue weighted by Gasteiger charge is 2.20. The predicted octanol–water partition coefficient (Wildman–Crippen LogP) is 9.26. The molecule has 38 heavy (non-hydrogen) atoms. The van der Waals surface area contributed by atoms with Crippen molar-refractivity contribution in [1.82, 2.24) is 5.32 Å². The van der Waals surface area contributed by atoms with Crippen molar-refractivity contribution in [3.8, 4) is 0 Å². The van der Waals surface area contributed by atoms with Gasteiger partial charge in [0.25, 0.3) is 0 Å². The zero-order valence-electron chi connectivity index (χ0n) is 24.4. The van der Waals surface area contributed by atoms with Gasteiger partial charge in [-0.15, -0.1) is 0 Å². The first-order valence-corrected chi connectivity index (χ1v) is 14.7. The van der Waals surface area contributed by atoms with Crippen molar-refractivity contribution < 1.29 is 14.3 Å². The van der Waals surface area contributed by atoms with Crippen LogP contribution in [0.15, 0.2) is 48.5 Å².